The zero-order valence-electron chi connectivity index (χ0n) is 23.5. The third kappa shape index (κ3) is 6.50. The van der Waals surface area contributed by atoms with Crippen LogP contribution in [0.4, 0.5) is 5.69 Å². The number of thiazole rings is 1. The van der Waals surface area contributed by atoms with Gasteiger partial charge in [-0.2, -0.15) is 0 Å². The third-order valence-electron chi connectivity index (χ3n) is 6.48. The fourth-order valence-corrected chi connectivity index (χ4v) is 7.80. The van der Waals surface area contributed by atoms with Gasteiger partial charge in [0.2, 0.25) is 0 Å². The second-order valence-corrected chi connectivity index (χ2v) is 13.3. The Morgan fingerprint density at radius 1 is 1.12 bits per heavy atom. The summed E-state index contributed by atoms with van der Waals surface area (Å²) >= 11 is 5.84. The number of aromatic nitrogens is 1. The number of carbonyl (C=O) groups is 1. The minimum absolute atomic E-state index is 0.0278. The van der Waals surface area contributed by atoms with Gasteiger partial charge in [0, 0.05) is 14.8 Å². The zero-order valence-corrected chi connectivity index (χ0v) is 28.6. The molecule has 1 aromatic heterocycles. The molecule has 0 aliphatic carbocycles. The van der Waals surface area contributed by atoms with E-state index in [-0.39, 0.29) is 17.6 Å². The van der Waals surface area contributed by atoms with Gasteiger partial charge in [0.15, 0.2) is 4.80 Å². The van der Waals surface area contributed by atoms with Gasteiger partial charge in [0.25, 0.3) is 11.5 Å². The molecule has 0 radical (unpaired) electrons. The van der Waals surface area contributed by atoms with Crippen molar-refractivity contribution in [2.45, 2.75) is 39.8 Å². The van der Waals surface area contributed by atoms with Crippen LogP contribution in [0, 0.1) is 7.14 Å². The van der Waals surface area contributed by atoms with Crippen molar-refractivity contribution in [1.82, 2.24) is 4.57 Å². The van der Waals surface area contributed by atoms with E-state index in [1.165, 1.54) is 11.3 Å². The molecule has 1 atom stereocenters. The summed E-state index contributed by atoms with van der Waals surface area (Å²) in [5.74, 6) is 1.14. The van der Waals surface area contributed by atoms with Crippen LogP contribution in [-0.2, 0) is 4.79 Å². The standard InChI is InChI=1S/C32H29I2N3O4S/c1-5-40-24-13-11-20(12-14-24)28-27(30(38)36-23-9-7-6-8-10-23)19(4)35-32-37(28)31(39)26(42-32)16-21-15-22(33)17-25(34)29(21)41-18(2)3/h6-18,28H,5H2,1-4H3,(H,36,38)/b26-16-/t28-/m1/s1. The highest BCUT2D eigenvalue weighted by molar-refractivity contribution is 14.1. The van der Waals surface area contributed by atoms with Crippen LogP contribution < -0.4 is 29.7 Å². The number of nitrogens with one attached hydrogen (secondary N) is 1. The minimum atomic E-state index is -0.676. The first kappa shape index (κ1) is 30.5. The molecule has 42 heavy (non-hydrogen) atoms. The lowest BCUT2D eigenvalue weighted by molar-refractivity contribution is -0.113. The molecule has 5 rings (SSSR count). The number of ether oxygens (including phenoxy) is 2. The van der Waals surface area contributed by atoms with E-state index in [1.54, 1.807) is 4.57 Å². The fourth-order valence-electron chi connectivity index (χ4n) is 4.75. The molecule has 0 spiro atoms. The zero-order chi connectivity index (χ0) is 30.0. The molecule has 1 aliphatic heterocycles. The highest BCUT2D eigenvalue weighted by atomic mass is 127. The van der Waals surface area contributed by atoms with Gasteiger partial charge in [-0.15, -0.1) is 0 Å². The summed E-state index contributed by atoms with van der Waals surface area (Å²) < 4.78 is 15.9. The average Bonchev–Trinajstić information content (AvgIpc) is 3.25. The average molecular weight is 805 g/mol. The number of halogens is 2. The van der Waals surface area contributed by atoms with Crippen molar-refractivity contribution in [2.24, 2.45) is 4.99 Å². The first-order valence-electron chi connectivity index (χ1n) is 13.4. The third-order valence-corrected chi connectivity index (χ3v) is 8.89. The van der Waals surface area contributed by atoms with Gasteiger partial charge in [-0.1, -0.05) is 41.7 Å². The molecule has 2 heterocycles. The Hall–Kier alpha value is -2.97. The van der Waals surface area contributed by atoms with Crippen LogP contribution in [0.1, 0.15) is 44.9 Å². The predicted octanol–water partition coefficient (Wildman–Crippen LogP) is 6.27. The molecule has 1 N–H and O–H groups in total. The summed E-state index contributed by atoms with van der Waals surface area (Å²) in [6, 6.07) is 20.2. The molecule has 0 saturated carbocycles. The SMILES string of the molecule is CCOc1ccc([C@@H]2C(C(=O)Nc3ccccc3)=C(C)N=c3s/c(=C\c4cc(I)cc(I)c4OC(C)C)c(=O)n32)cc1. The van der Waals surface area contributed by atoms with Crippen LogP contribution >= 0.6 is 56.5 Å². The normalized spacial score (nSPS) is 14.9. The predicted molar refractivity (Wildman–Crippen MR) is 184 cm³/mol. The van der Waals surface area contributed by atoms with Crippen molar-refractivity contribution in [2.75, 3.05) is 11.9 Å². The number of anilines is 1. The number of amides is 1. The molecule has 216 valence electrons. The first-order chi connectivity index (χ1) is 20.2. The molecule has 1 aliphatic rings. The molecule has 0 fully saturated rings. The maximum absolute atomic E-state index is 14.2. The number of fused-ring (bicyclic) bond motifs is 1. The van der Waals surface area contributed by atoms with E-state index >= 15 is 0 Å². The summed E-state index contributed by atoms with van der Waals surface area (Å²) in [4.78, 5) is 33.2. The molecule has 0 saturated heterocycles. The van der Waals surface area contributed by atoms with Crippen molar-refractivity contribution in [3.05, 3.63) is 116 Å². The summed E-state index contributed by atoms with van der Waals surface area (Å²) in [5, 5.41) is 2.99. The second-order valence-electron chi connectivity index (χ2n) is 9.88. The van der Waals surface area contributed by atoms with E-state index in [0.717, 1.165) is 29.8 Å². The maximum atomic E-state index is 14.2. The van der Waals surface area contributed by atoms with E-state index in [0.29, 0.717) is 32.9 Å². The lowest BCUT2D eigenvalue weighted by Gasteiger charge is -2.25. The molecule has 1 amide bonds. The summed E-state index contributed by atoms with van der Waals surface area (Å²) in [6.07, 6.45) is 1.84. The van der Waals surface area contributed by atoms with Crippen molar-refractivity contribution in [3.8, 4) is 11.5 Å². The largest absolute Gasteiger partial charge is 0.494 e. The monoisotopic (exact) mass is 805 g/mol. The molecule has 4 aromatic rings. The molecule has 0 unspecified atom stereocenters. The van der Waals surface area contributed by atoms with Crippen LogP contribution in [0.25, 0.3) is 6.08 Å². The highest BCUT2D eigenvalue weighted by Gasteiger charge is 2.32. The van der Waals surface area contributed by atoms with Gasteiger partial charge in [-0.3, -0.25) is 14.2 Å². The smallest absolute Gasteiger partial charge is 0.271 e. The molecule has 7 nitrogen and oxygen atoms in total. The molecular weight excluding hydrogens is 776 g/mol. The van der Waals surface area contributed by atoms with Crippen molar-refractivity contribution in [3.63, 3.8) is 0 Å². The number of hydrogen-bond acceptors (Lipinski definition) is 6. The lowest BCUT2D eigenvalue weighted by Crippen LogP contribution is -2.40. The Bertz CT molecular complexity index is 1850. The first-order valence-corrected chi connectivity index (χ1v) is 16.4. The second kappa shape index (κ2) is 13.1. The fraction of sp³-hybridized carbons (Fsp3) is 0.219. The summed E-state index contributed by atoms with van der Waals surface area (Å²) in [6.45, 7) is 8.24. The van der Waals surface area contributed by atoms with E-state index in [1.807, 2.05) is 101 Å². The number of rotatable bonds is 8. The van der Waals surface area contributed by atoms with Crippen LogP contribution in [0.2, 0.25) is 0 Å². The maximum Gasteiger partial charge on any atom is 0.271 e. The van der Waals surface area contributed by atoms with E-state index < -0.39 is 6.04 Å². The summed E-state index contributed by atoms with van der Waals surface area (Å²) in [5.41, 5.74) is 3.01. The number of allylic oxidation sites excluding steroid dienone is 1. The van der Waals surface area contributed by atoms with Gasteiger partial charge >= 0.3 is 0 Å². The van der Waals surface area contributed by atoms with Crippen molar-refractivity contribution < 1.29 is 14.3 Å². The van der Waals surface area contributed by atoms with Gasteiger partial charge in [-0.05, 0) is 121 Å². The van der Waals surface area contributed by atoms with Gasteiger partial charge in [0.05, 0.1) is 38.1 Å². The molecular formula is C32H29I2N3O4S. The Morgan fingerprint density at radius 3 is 2.50 bits per heavy atom. The van der Waals surface area contributed by atoms with Crippen LogP contribution in [-0.4, -0.2) is 23.2 Å². The number of carbonyl (C=O) groups excluding carboxylic acids is 1. The number of nitrogens with zero attached hydrogens (tertiary/aromatic N) is 2. The van der Waals surface area contributed by atoms with Gasteiger partial charge < -0.3 is 14.8 Å². The number of hydrogen-bond donors (Lipinski definition) is 1. The van der Waals surface area contributed by atoms with Crippen LogP contribution in [0.3, 0.4) is 0 Å². The van der Waals surface area contributed by atoms with Gasteiger partial charge in [-0.25, -0.2) is 4.99 Å². The topological polar surface area (TPSA) is 81.9 Å². The van der Waals surface area contributed by atoms with Gasteiger partial charge in [0.1, 0.15) is 11.5 Å². The van der Waals surface area contributed by atoms with Crippen molar-refractivity contribution >= 4 is 74.2 Å². The van der Waals surface area contributed by atoms with E-state index in [9.17, 15) is 9.59 Å². The Morgan fingerprint density at radius 2 is 1.83 bits per heavy atom. The summed E-state index contributed by atoms with van der Waals surface area (Å²) in [7, 11) is 0. The Balaban J connectivity index is 1.68. The number of para-hydroxylation sites is 1. The van der Waals surface area contributed by atoms with E-state index in [4.69, 9.17) is 14.5 Å². The minimum Gasteiger partial charge on any atom is -0.494 e. The van der Waals surface area contributed by atoms with E-state index in [2.05, 4.69) is 50.5 Å². The molecule has 3 aromatic carbocycles. The highest BCUT2D eigenvalue weighted by Crippen LogP contribution is 2.33. The Kier molecular flexibility index (Phi) is 9.53. The van der Waals surface area contributed by atoms with Crippen LogP contribution in [0.15, 0.2) is 87.8 Å². The number of benzene rings is 3. The lowest BCUT2D eigenvalue weighted by atomic mass is 9.95. The van der Waals surface area contributed by atoms with Crippen molar-refractivity contribution in [1.29, 1.82) is 0 Å². The Labute approximate surface area is 275 Å². The quantitative estimate of drug-likeness (QED) is 0.213. The molecule has 10 heteroatoms. The molecule has 0 bridgehead atoms. The van der Waals surface area contributed by atoms with Crippen LogP contribution in [0.5, 0.6) is 11.5 Å².